The Morgan fingerprint density at radius 2 is 1.86 bits per heavy atom. The van der Waals surface area contributed by atoms with Gasteiger partial charge in [-0.25, -0.2) is 13.1 Å². The van der Waals surface area contributed by atoms with Gasteiger partial charge in [0.1, 0.15) is 0 Å². The molecule has 0 aliphatic carbocycles. The molecule has 0 fully saturated rings. The second kappa shape index (κ2) is 5.52. The van der Waals surface area contributed by atoms with Crippen LogP contribution in [0.5, 0.6) is 0 Å². The van der Waals surface area contributed by atoms with E-state index in [1.807, 2.05) is 4.72 Å². The summed E-state index contributed by atoms with van der Waals surface area (Å²) in [6, 6.07) is 0. The Morgan fingerprint density at radius 3 is 2.29 bits per heavy atom. The van der Waals surface area contributed by atoms with Crippen LogP contribution in [-0.4, -0.2) is 38.6 Å². The van der Waals surface area contributed by atoms with Gasteiger partial charge in [-0.3, -0.25) is 0 Å². The number of alkyl halides is 3. The first-order chi connectivity index (χ1) is 6.27. The van der Waals surface area contributed by atoms with Gasteiger partial charge in [0.15, 0.2) is 0 Å². The average Bonchev–Trinajstić information content (AvgIpc) is 1.96. The minimum absolute atomic E-state index is 0.262. The van der Waals surface area contributed by atoms with Crippen molar-refractivity contribution in [3.05, 3.63) is 0 Å². The zero-order valence-corrected chi connectivity index (χ0v) is 8.16. The van der Waals surface area contributed by atoms with Gasteiger partial charge in [0.2, 0.25) is 10.0 Å². The molecule has 14 heavy (non-hydrogen) atoms. The molecule has 8 heteroatoms. The Morgan fingerprint density at radius 1 is 1.29 bits per heavy atom. The monoisotopic (exact) mass is 235 g/mol. The van der Waals surface area contributed by atoms with Crippen LogP contribution in [0.4, 0.5) is 13.2 Å². The third-order valence-electron chi connectivity index (χ3n) is 1.32. The number of aliphatic hydroxyl groups excluding tert-OH is 1. The van der Waals surface area contributed by atoms with Crippen molar-refractivity contribution < 1.29 is 26.7 Å². The fourth-order valence-corrected chi connectivity index (χ4v) is 1.55. The quantitative estimate of drug-likeness (QED) is 0.648. The molecule has 0 rings (SSSR count). The lowest BCUT2D eigenvalue weighted by Crippen LogP contribution is -2.29. The van der Waals surface area contributed by atoms with E-state index in [1.54, 1.807) is 0 Å². The van der Waals surface area contributed by atoms with E-state index < -0.39 is 35.0 Å². The number of halogens is 3. The van der Waals surface area contributed by atoms with Crippen molar-refractivity contribution in [1.82, 2.24) is 4.72 Å². The van der Waals surface area contributed by atoms with Crippen molar-refractivity contribution in [2.24, 2.45) is 0 Å². The average molecular weight is 235 g/mol. The summed E-state index contributed by atoms with van der Waals surface area (Å²) in [5.41, 5.74) is 0. The van der Waals surface area contributed by atoms with Crippen LogP contribution in [0.3, 0.4) is 0 Å². The SMILES string of the molecule is O=S(=O)(CCO)NCCCC(F)(F)F. The number of hydrogen-bond acceptors (Lipinski definition) is 3. The van der Waals surface area contributed by atoms with Gasteiger partial charge in [0.25, 0.3) is 0 Å². The van der Waals surface area contributed by atoms with Gasteiger partial charge in [0.05, 0.1) is 12.4 Å². The van der Waals surface area contributed by atoms with Crippen molar-refractivity contribution >= 4 is 10.0 Å². The van der Waals surface area contributed by atoms with Crippen molar-refractivity contribution in [1.29, 1.82) is 0 Å². The fourth-order valence-electron chi connectivity index (χ4n) is 0.709. The molecule has 0 amide bonds. The van der Waals surface area contributed by atoms with Crippen LogP contribution >= 0.6 is 0 Å². The standard InChI is InChI=1S/C6H12F3NO3S/c7-6(8,9)2-1-3-10-14(12,13)5-4-11/h10-11H,1-5H2. The van der Waals surface area contributed by atoms with Crippen molar-refractivity contribution in [2.45, 2.75) is 19.0 Å². The Bertz CT molecular complexity index is 250. The van der Waals surface area contributed by atoms with Gasteiger partial charge in [-0.15, -0.1) is 0 Å². The molecule has 0 atom stereocenters. The van der Waals surface area contributed by atoms with Crippen LogP contribution in [0, 0.1) is 0 Å². The van der Waals surface area contributed by atoms with Crippen molar-refractivity contribution in [2.75, 3.05) is 18.9 Å². The Balaban J connectivity index is 3.65. The second-order valence-electron chi connectivity index (χ2n) is 2.66. The third-order valence-corrected chi connectivity index (χ3v) is 2.68. The van der Waals surface area contributed by atoms with E-state index in [-0.39, 0.29) is 13.0 Å². The summed E-state index contributed by atoms with van der Waals surface area (Å²) in [5.74, 6) is -0.487. The minimum Gasteiger partial charge on any atom is -0.395 e. The molecule has 2 N–H and O–H groups in total. The molecule has 0 aromatic heterocycles. The molecule has 0 spiro atoms. The smallest absolute Gasteiger partial charge is 0.389 e. The van der Waals surface area contributed by atoms with Crippen LogP contribution < -0.4 is 4.72 Å². The van der Waals surface area contributed by atoms with Crippen LogP contribution in [0.2, 0.25) is 0 Å². The molecular formula is C6H12F3NO3S. The van der Waals surface area contributed by atoms with Gasteiger partial charge < -0.3 is 5.11 Å². The highest BCUT2D eigenvalue weighted by Crippen LogP contribution is 2.20. The first-order valence-corrected chi connectivity index (χ1v) is 5.57. The highest BCUT2D eigenvalue weighted by Gasteiger charge is 2.26. The van der Waals surface area contributed by atoms with Crippen molar-refractivity contribution in [3.8, 4) is 0 Å². The van der Waals surface area contributed by atoms with Gasteiger partial charge in [-0.2, -0.15) is 13.2 Å². The van der Waals surface area contributed by atoms with E-state index in [1.165, 1.54) is 0 Å². The van der Waals surface area contributed by atoms with Gasteiger partial charge >= 0.3 is 6.18 Å². The maximum atomic E-state index is 11.6. The summed E-state index contributed by atoms with van der Waals surface area (Å²) in [6.07, 6.45) is -5.58. The second-order valence-corrected chi connectivity index (χ2v) is 4.58. The maximum Gasteiger partial charge on any atom is 0.389 e. The highest BCUT2D eigenvalue weighted by molar-refractivity contribution is 7.89. The zero-order chi connectivity index (χ0) is 11.2. The molecule has 0 aliphatic heterocycles. The normalized spacial score (nSPS) is 13.1. The summed E-state index contributed by atoms with van der Waals surface area (Å²) >= 11 is 0. The molecule has 4 nitrogen and oxygen atoms in total. The van der Waals surface area contributed by atoms with Gasteiger partial charge in [-0.05, 0) is 6.42 Å². The van der Waals surface area contributed by atoms with Crippen LogP contribution in [0.15, 0.2) is 0 Å². The molecular weight excluding hydrogens is 223 g/mol. The minimum atomic E-state index is -4.26. The molecule has 0 radical (unpaired) electrons. The van der Waals surface area contributed by atoms with E-state index >= 15 is 0 Å². The van der Waals surface area contributed by atoms with Gasteiger partial charge in [-0.1, -0.05) is 0 Å². The van der Waals surface area contributed by atoms with E-state index in [0.29, 0.717) is 0 Å². The summed E-state index contributed by atoms with van der Waals surface area (Å²) in [7, 11) is -3.62. The lowest BCUT2D eigenvalue weighted by molar-refractivity contribution is -0.135. The lowest BCUT2D eigenvalue weighted by Gasteiger charge is -2.07. The Labute approximate surface area is 80.2 Å². The van der Waals surface area contributed by atoms with Crippen LogP contribution in [0.25, 0.3) is 0 Å². The highest BCUT2D eigenvalue weighted by atomic mass is 32.2. The van der Waals surface area contributed by atoms with Crippen molar-refractivity contribution in [3.63, 3.8) is 0 Å². The van der Waals surface area contributed by atoms with Gasteiger partial charge in [0, 0.05) is 13.0 Å². The summed E-state index contributed by atoms with van der Waals surface area (Å²) in [4.78, 5) is 0. The largest absolute Gasteiger partial charge is 0.395 e. The van der Waals surface area contributed by atoms with Crippen LogP contribution in [0.1, 0.15) is 12.8 Å². The van der Waals surface area contributed by atoms with E-state index in [2.05, 4.69) is 0 Å². The first kappa shape index (κ1) is 13.7. The third kappa shape index (κ3) is 8.27. The fraction of sp³-hybridized carbons (Fsp3) is 1.00. The number of rotatable bonds is 6. The molecule has 0 saturated heterocycles. The Kier molecular flexibility index (Phi) is 5.38. The molecule has 86 valence electrons. The number of sulfonamides is 1. The number of nitrogens with one attached hydrogen (secondary N) is 1. The first-order valence-electron chi connectivity index (χ1n) is 3.92. The van der Waals surface area contributed by atoms with E-state index in [9.17, 15) is 21.6 Å². The van der Waals surface area contributed by atoms with Crippen LogP contribution in [-0.2, 0) is 10.0 Å². The van der Waals surface area contributed by atoms with E-state index in [0.717, 1.165) is 0 Å². The molecule has 0 aromatic carbocycles. The van der Waals surface area contributed by atoms with E-state index in [4.69, 9.17) is 5.11 Å². The molecule has 0 unspecified atom stereocenters. The molecule has 0 aromatic rings. The molecule has 0 heterocycles. The lowest BCUT2D eigenvalue weighted by atomic mass is 10.3. The number of aliphatic hydroxyl groups is 1. The zero-order valence-electron chi connectivity index (χ0n) is 7.34. The maximum absolute atomic E-state index is 11.6. The predicted octanol–water partition coefficient (Wildman–Crippen LogP) is 0.241. The predicted molar refractivity (Wildman–Crippen MR) is 44.2 cm³/mol. The Hall–Kier alpha value is -0.340. The molecule has 0 bridgehead atoms. The number of hydrogen-bond donors (Lipinski definition) is 2. The summed E-state index contributed by atoms with van der Waals surface area (Å²) < 4.78 is 58.4. The molecule has 0 saturated carbocycles. The summed E-state index contributed by atoms with van der Waals surface area (Å²) in [5, 5.41) is 8.29. The topological polar surface area (TPSA) is 66.4 Å². The molecule has 0 aliphatic rings. The summed E-state index contributed by atoms with van der Waals surface area (Å²) in [6.45, 7) is -0.809.